The number of aliphatic hydroxyl groups is 3. The number of anilines is 4. The molecule has 674 valence electrons. The van der Waals surface area contributed by atoms with Crippen LogP contribution in [0.4, 0.5) is 23.4 Å². The lowest BCUT2D eigenvalue weighted by atomic mass is 9.82. The first-order valence-corrected chi connectivity index (χ1v) is 48.1. The van der Waals surface area contributed by atoms with Gasteiger partial charge in [0.25, 0.3) is 0 Å². The van der Waals surface area contributed by atoms with Crippen molar-refractivity contribution in [3.63, 3.8) is 0 Å². The average molecular weight is 1940 g/mol. The Labute approximate surface area is 798 Å². The Morgan fingerprint density at radius 1 is 0.382 bits per heavy atom. The third-order valence-corrected chi connectivity index (χ3v) is 26.4. The van der Waals surface area contributed by atoms with Gasteiger partial charge in [0.1, 0.15) is 34.3 Å². The minimum atomic E-state index is -1.23. The van der Waals surface area contributed by atoms with E-state index in [2.05, 4.69) is 286 Å². The molecule has 2 saturated heterocycles. The number of aromatic nitrogens is 5. The van der Waals surface area contributed by atoms with E-state index >= 15 is 0 Å². The van der Waals surface area contributed by atoms with E-state index in [4.69, 9.17) is 19.7 Å². The molecule has 3 atom stereocenters. The summed E-state index contributed by atoms with van der Waals surface area (Å²) in [6, 6.07) is 104. The Balaban J connectivity index is 0.000000151. The minimum Gasteiger partial charge on any atom is -0.380 e. The molecule has 3 unspecified atom stereocenters. The summed E-state index contributed by atoms with van der Waals surface area (Å²) in [4.78, 5) is 38.4. The molecular formula is C111H120Br3N13O4. The fraction of sp³-hybridized carbons (Fsp3) is 0.288. The van der Waals surface area contributed by atoms with Crippen LogP contribution < -0.4 is 20.4 Å². The fourth-order valence-electron chi connectivity index (χ4n) is 18.0. The Morgan fingerprint density at radius 3 is 1.10 bits per heavy atom. The third-order valence-electron chi connectivity index (χ3n) is 25.0. The highest BCUT2D eigenvalue weighted by molar-refractivity contribution is 9.11. The van der Waals surface area contributed by atoms with Gasteiger partial charge < -0.3 is 55.2 Å². The van der Waals surface area contributed by atoms with Crippen LogP contribution in [0.1, 0.15) is 116 Å². The monoisotopic (exact) mass is 1940 g/mol. The van der Waals surface area contributed by atoms with E-state index in [9.17, 15) is 15.3 Å². The summed E-state index contributed by atoms with van der Waals surface area (Å²) in [5.41, 5.74) is 13.6. The molecular weight excluding hydrogens is 1820 g/mol. The van der Waals surface area contributed by atoms with E-state index in [-0.39, 0.29) is 5.92 Å². The van der Waals surface area contributed by atoms with Gasteiger partial charge in [0.15, 0.2) is 0 Å². The number of hydrogen-bond donors (Lipinski definition) is 5. The van der Waals surface area contributed by atoms with Crippen molar-refractivity contribution in [2.24, 2.45) is 0 Å². The normalized spacial score (nSPS) is 14.5. The van der Waals surface area contributed by atoms with Crippen molar-refractivity contribution in [3.8, 4) is 0 Å². The molecule has 0 aliphatic carbocycles. The lowest BCUT2D eigenvalue weighted by Gasteiger charge is -2.37. The molecule has 17 rings (SSSR count). The van der Waals surface area contributed by atoms with Crippen LogP contribution in [0.2, 0.25) is 0 Å². The third kappa shape index (κ3) is 24.5. The molecule has 2 aliphatic rings. The van der Waals surface area contributed by atoms with Crippen LogP contribution in [0, 0.1) is 0 Å². The molecule has 131 heavy (non-hydrogen) atoms. The van der Waals surface area contributed by atoms with Gasteiger partial charge in [-0.05, 0) is 203 Å². The second-order valence-corrected chi connectivity index (χ2v) is 38.0. The Hall–Kier alpha value is -11.0. The molecule has 0 spiro atoms. The maximum absolute atomic E-state index is 12.6. The fourth-order valence-corrected chi connectivity index (χ4v) is 19.4. The van der Waals surface area contributed by atoms with Gasteiger partial charge in [0.2, 0.25) is 5.95 Å². The summed E-state index contributed by atoms with van der Waals surface area (Å²) in [6.45, 7) is 11.6. The Bertz CT molecular complexity index is 6100. The number of fused-ring (bicyclic) bond motifs is 3. The standard InChI is InChI=1S/C42H42BrN3O.C35H37BrN6O.C34H41BrN4O2/c1-46(2)26-24-42(47,36-21-13-6-14-22-36)39-30-37(43)29-34-28-35(27-31-15-7-3-8-16-31)41(45-40(34)39)44-25-23-38(32-17-9-4-10-18-32)33-19-11-5-12-20-33;1-40(2)17-14-35(43,29-12-7-4-8-13-29)31-25-30(36)24-27-23-28(22-26-10-5-3-6-11-26)33(39-32(27)31)41-18-20-42(21-19-41)34-37-15-9-16-38-34;1-38(2)17-14-34(40,29-12-7-4-8-13-29)31-25-30(35)24-27-23-28(22-26-10-5-3-6-11-26)33(37-32(27)31)36-15-9-16-39-18-20-41-21-19-39/h3-22,28-30,38,47H,23-27H2,1-2H3,(H,44,45);3-13,15-16,23-25,43H,14,17-22H2,1-2H3;3-8,10-13,23-25,40H,9,14-22H2,1-2H3,(H,36,37). The van der Waals surface area contributed by atoms with Gasteiger partial charge in [-0.1, -0.05) is 290 Å². The van der Waals surface area contributed by atoms with Crippen LogP contribution in [0.5, 0.6) is 0 Å². The number of hydrogen-bond acceptors (Lipinski definition) is 17. The van der Waals surface area contributed by atoms with E-state index in [1.54, 1.807) is 12.4 Å². The van der Waals surface area contributed by atoms with Crippen molar-refractivity contribution < 1.29 is 20.1 Å². The van der Waals surface area contributed by atoms with Crippen molar-refractivity contribution in [2.45, 2.75) is 74.1 Å². The van der Waals surface area contributed by atoms with Crippen LogP contribution in [0.15, 0.2) is 329 Å². The second kappa shape index (κ2) is 45.5. The molecule has 11 aromatic carbocycles. The zero-order valence-corrected chi connectivity index (χ0v) is 80.7. The SMILES string of the molecule is CN(C)CCC(O)(c1ccccc1)c1cc(Br)cc2cc(Cc3ccccc3)c(N3CCN(c4ncccn4)CC3)nc12.CN(C)CCC(O)(c1ccccc1)c1cc(Br)cc2cc(Cc3ccccc3)c(NCCC(c3ccccc3)c3ccccc3)nc12.CN(C)CCC(O)(c1ccccc1)c1cc(Br)cc2cc(Cc3ccccc3)c(NCCCN3CCOCC3)nc12. The number of piperazine rings is 1. The number of nitrogens with zero attached hydrogens (tertiary/aromatic N) is 11. The molecule has 0 bridgehead atoms. The predicted molar refractivity (Wildman–Crippen MR) is 549 cm³/mol. The quantitative estimate of drug-likeness (QED) is 0.0240. The Morgan fingerprint density at radius 2 is 0.718 bits per heavy atom. The number of pyridine rings is 3. The van der Waals surface area contributed by atoms with E-state index in [1.165, 1.54) is 33.4 Å². The summed E-state index contributed by atoms with van der Waals surface area (Å²) in [6.07, 6.45) is 9.42. The molecule has 4 aromatic heterocycles. The number of nitrogens with one attached hydrogen (secondary N) is 2. The molecule has 0 radical (unpaired) electrons. The molecule has 6 heterocycles. The highest BCUT2D eigenvalue weighted by Crippen LogP contribution is 2.45. The lowest BCUT2D eigenvalue weighted by molar-refractivity contribution is 0.0378. The predicted octanol–water partition coefficient (Wildman–Crippen LogP) is 21.2. The van der Waals surface area contributed by atoms with E-state index < -0.39 is 16.8 Å². The van der Waals surface area contributed by atoms with Gasteiger partial charge in [0, 0.05) is 156 Å². The van der Waals surface area contributed by atoms with Gasteiger partial charge in [0.05, 0.1) is 29.8 Å². The van der Waals surface area contributed by atoms with Crippen molar-refractivity contribution >= 4 is 104 Å². The molecule has 17 nitrogen and oxygen atoms in total. The summed E-state index contributed by atoms with van der Waals surface area (Å²) in [7, 11) is 12.2. The summed E-state index contributed by atoms with van der Waals surface area (Å²) >= 11 is 11.3. The first-order valence-electron chi connectivity index (χ1n) is 45.7. The number of rotatable bonds is 34. The molecule has 2 aliphatic heterocycles. The van der Waals surface area contributed by atoms with Gasteiger partial charge >= 0.3 is 0 Å². The number of ether oxygens (including phenoxy) is 1. The molecule has 0 saturated carbocycles. The first-order chi connectivity index (χ1) is 63.7. The largest absolute Gasteiger partial charge is 0.380 e. The second-order valence-electron chi connectivity index (χ2n) is 35.2. The maximum atomic E-state index is 12.6. The van der Waals surface area contributed by atoms with Crippen molar-refractivity contribution in [3.05, 3.63) is 407 Å². The molecule has 15 aromatic rings. The average Bonchev–Trinajstić information content (AvgIpc) is 0.750. The number of benzene rings is 11. The van der Waals surface area contributed by atoms with E-state index in [0.717, 1.165) is 238 Å². The lowest BCUT2D eigenvalue weighted by Crippen LogP contribution is -2.47. The van der Waals surface area contributed by atoms with E-state index in [0.29, 0.717) is 19.3 Å². The van der Waals surface area contributed by atoms with Crippen molar-refractivity contribution in [1.82, 2.24) is 44.5 Å². The van der Waals surface area contributed by atoms with Gasteiger partial charge in [-0.3, -0.25) is 4.90 Å². The minimum absolute atomic E-state index is 0.253. The topological polar surface area (TPSA) is 178 Å². The van der Waals surface area contributed by atoms with Crippen LogP contribution in [-0.2, 0) is 40.8 Å². The van der Waals surface area contributed by atoms with E-state index in [1.807, 2.05) is 158 Å². The highest BCUT2D eigenvalue weighted by atomic mass is 79.9. The first kappa shape index (κ1) is 94.7. The molecule has 5 N–H and O–H groups in total. The van der Waals surface area contributed by atoms with Crippen molar-refractivity contribution in [2.75, 3.05) is 154 Å². The van der Waals surface area contributed by atoms with Gasteiger partial charge in [-0.15, -0.1) is 0 Å². The van der Waals surface area contributed by atoms with Crippen LogP contribution in [-0.4, -0.2) is 194 Å². The van der Waals surface area contributed by atoms with Crippen molar-refractivity contribution in [1.29, 1.82) is 0 Å². The van der Waals surface area contributed by atoms with Gasteiger partial charge in [-0.2, -0.15) is 0 Å². The van der Waals surface area contributed by atoms with Crippen LogP contribution in [0.25, 0.3) is 32.7 Å². The van der Waals surface area contributed by atoms with Crippen LogP contribution >= 0.6 is 47.8 Å². The summed E-state index contributed by atoms with van der Waals surface area (Å²) in [5, 5.41) is 48.1. The number of halogens is 3. The zero-order valence-electron chi connectivity index (χ0n) is 76.0. The molecule has 0 amide bonds. The zero-order chi connectivity index (χ0) is 91.1. The Kier molecular flexibility index (Phi) is 32.9. The smallest absolute Gasteiger partial charge is 0.225 e. The summed E-state index contributed by atoms with van der Waals surface area (Å²) in [5.74, 6) is 3.72. The van der Waals surface area contributed by atoms with Gasteiger partial charge in [-0.25, -0.2) is 24.9 Å². The maximum Gasteiger partial charge on any atom is 0.225 e. The highest BCUT2D eigenvalue weighted by Gasteiger charge is 2.39. The number of morpholine rings is 1. The molecule has 20 heteroatoms. The molecule has 2 fully saturated rings. The van der Waals surface area contributed by atoms with Crippen LogP contribution in [0.3, 0.4) is 0 Å². The summed E-state index contributed by atoms with van der Waals surface area (Å²) < 4.78 is 8.27.